The highest BCUT2D eigenvalue weighted by atomic mass is 127. The standard InChI is InChI=1S/C7H9F5IN3/c1-2-3-16-5(13)15(4-14-16)7(11,12)6(8,9)10/h4-5H,2-3H2,1H3. The van der Waals surface area contributed by atoms with Crippen molar-refractivity contribution in [3.05, 3.63) is 0 Å². The van der Waals surface area contributed by atoms with Gasteiger partial charge in [-0.2, -0.15) is 27.1 Å². The van der Waals surface area contributed by atoms with Crippen molar-refractivity contribution in [3.8, 4) is 0 Å². The third-order valence-electron chi connectivity index (χ3n) is 1.92. The van der Waals surface area contributed by atoms with Gasteiger partial charge >= 0.3 is 12.2 Å². The maximum absolute atomic E-state index is 13.0. The second kappa shape index (κ2) is 4.49. The van der Waals surface area contributed by atoms with Crippen molar-refractivity contribution in [2.24, 2.45) is 5.10 Å². The summed E-state index contributed by atoms with van der Waals surface area (Å²) in [6.45, 7) is 2.11. The first-order valence-electron chi connectivity index (χ1n) is 4.39. The smallest absolute Gasteiger partial charge is 0.264 e. The molecule has 1 heterocycles. The van der Waals surface area contributed by atoms with Crippen LogP contribution in [0.1, 0.15) is 13.3 Å². The van der Waals surface area contributed by atoms with Crippen molar-refractivity contribution >= 4 is 28.9 Å². The summed E-state index contributed by atoms with van der Waals surface area (Å²) in [6, 6.07) is -4.90. The maximum Gasteiger partial charge on any atom is 0.475 e. The lowest BCUT2D eigenvalue weighted by Crippen LogP contribution is -2.54. The lowest BCUT2D eigenvalue weighted by atomic mass is 10.4. The Labute approximate surface area is 102 Å². The highest BCUT2D eigenvalue weighted by Crippen LogP contribution is 2.41. The fraction of sp³-hybridized carbons (Fsp3) is 0.857. The summed E-state index contributed by atoms with van der Waals surface area (Å²) in [5.74, 6) is 0. The fourth-order valence-corrected chi connectivity index (χ4v) is 2.04. The van der Waals surface area contributed by atoms with Crippen LogP contribution in [0.2, 0.25) is 0 Å². The molecule has 1 aliphatic heterocycles. The Morgan fingerprint density at radius 1 is 1.31 bits per heavy atom. The van der Waals surface area contributed by atoms with Crippen molar-refractivity contribution in [2.45, 2.75) is 29.7 Å². The number of hydrogen-bond acceptors (Lipinski definition) is 3. The van der Waals surface area contributed by atoms with E-state index in [4.69, 9.17) is 0 Å². The quantitative estimate of drug-likeness (QED) is 0.335. The highest BCUT2D eigenvalue weighted by Gasteiger charge is 2.64. The minimum Gasteiger partial charge on any atom is -0.264 e. The fourth-order valence-electron chi connectivity index (χ4n) is 1.12. The molecular formula is C7H9F5IN3. The zero-order valence-electron chi connectivity index (χ0n) is 8.18. The average molecular weight is 357 g/mol. The van der Waals surface area contributed by atoms with E-state index in [0.717, 1.165) is 0 Å². The molecule has 0 radical (unpaired) electrons. The van der Waals surface area contributed by atoms with E-state index in [2.05, 4.69) is 5.10 Å². The molecule has 16 heavy (non-hydrogen) atoms. The maximum atomic E-state index is 13.0. The summed E-state index contributed by atoms with van der Waals surface area (Å²) in [7, 11) is 0. The molecule has 0 aliphatic carbocycles. The Morgan fingerprint density at radius 2 is 1.88 bits per heavy atom. The summed E-state index contributed by atoms with van der Waals surface area (Å²) in [5, 5.41) is 4.70. The van der Waals surface area contributed by atoms with E-state index in [1.54, 1.807) is 6.92 Å². The van der Waals surface area contributed by atoms with Gasteiger partial charge in [0, 0.05) is 6.54 Å². The third-order valence-corrected chi connectivity index (χ3v) is 3.16. The lowest BCUT2D eigenvalue weighted by molar-refractivity contribution is -0.328. The molecule has 0 aromatic carbocycles. The summed E-state index contributed by atoms with van der Waals surface area (Å²) in [4.78, 5) is -0.0940. The Bertz CT molecular complexity index is 280. The van der Waals surface area contributed by atoms with Crippen LogP contribution in [0.5, 0.6) is 0 Å². The van der Waals surface area contributed by atoms with Gasteiger partial charge in [0.1, 0.15) is 6.34 Å². The van der Waals surface area contributed by atoms with Gasteiger partial charge in [-0.05, 0) is 29.0 Å². The molecule has 1 atom stereocenters. The van der Waals surface area contributed by atoms with Gasteiger partial charge in [0.2, 0.25) is 0 Å². The number of nitrogens with zero attached hydrogens (tertiary/aromatic N) is 3. The molecule has 0 N–H and O–H groups in total. The second-order valence-corrected chi connectivity index (χ2v) is 4.27. The van der Waals surface area contributed by atoms with Crippen molar-refractivity contribution < 1.29 is 22.0 Å². The first-order chi connectivity index (χ1) is 7.21. The average Bonchev–Trinajstić information content (AvgIpc) is 2.47. The molecule has 0 aromatic rings. The lowest BCUT2D eigenvalue weighted by Gasteiger charge is -2.32. The molecule has 1 unspecified atom stereocenters. The van der Waals surface area contributed by atoms with E-state index in [1.807, 2.05) is 0 Å². The first-order valence-corrected chi connectivity index (χ1v) is 5.64. The highest BCUT2D eigenvalue weighted by molar-refractivity contribution is 14.1. The molecule has 1 rings (SSSR count). The number of halogens is 6. The Morgan fingerprint density at radius 3 is 2.31 bits per heavy atom. The van der Waals surface area contributed by atoms with Crippen molar-refractivity contribution in [1.82, 2.24) is 9.91 Å². The van der Waals surface area contributed by atoms with Crippen LogP contribution in [-0.4, -0.2) is 39.2 Å². The second-order valence-electron chi connectivity index (χ2n) is 3.15. The van der Waals surface area contributed by atoms with Crippen LogP contribution in [0.15, 0.2) is 5.10 Å². The zero-order chi connectivity index (χ0) is 12.6. The molecule has 94 valence electrons. The van der Waals surface area contributed by atoms with Gasteiger partial charge in [-0.1, -0.05) is 6.92 Å². The summed E-state index contributed by atoms with van der Waals surface area (Å²) in [5.41, 5.74) is 0. The molecule has 1 aliphatic rings. The van der Waals surface area contributed by atoms with Crippen molar-refractivity contribution in [1.29, 1.82) is 0 Å². The number of hydrogen-bond donors (Lipinski definition) is 0. The number of alkyl halides is 6. The number of hydrazone groups is 1. The minimum atomic E-state index is -5.61. The van der Waals surface area contributed by atoms with Gasteiger partial charge in [0.25, 0.3) is 0 Å². The zero-order valence-corrected chi connectivity index (χ0v) is 10.3. The monoisotopic (exact) mass is 357 g/mol. The molecule has 0 aromatic heterocycles. The molecule has 9 heteroatoms. The normalized spacial score (nSPS) is 22.1. The summed E-state index contributed by atoms with van der Waals surface area (Å²) >= 11 is 1.49. The van der Waals surface area contributed by atoms with Gasteiger partial charge in [0.05, 0.1) is 0 Å². The number of rotatable bonds is 3. The third kappa shape index (κ3) is 2.33. The van der Waals surface area contributed by atoms with Crippen LogP contribution in [0.3, 0.4) is 0 Å². The molecule has 0 bridgehead atoms. The van der Waals surface area contributed by atoms with Gasteiger partial charge < -0.3 is 0 Å². The molecule has 0 saturated carbocycles. The van der Waals surface area contributed by atoms with E-state index in [9.17, 15) is 22.0 Å². The van der Waals surface area contributed by atoms with Gasteiger partial charge in [0.15, 0.2) is 4.17 Å². The summed E-state index contributed by atoms with van der Waals surface area (Å²) in [6.07, 6.45) is -4.47. The molecule has 0 spiro atoms. The molecule has 0 saturated heterocycles. The van der Waals surface area contributed by atoms with Crippen LogP contribution in [0.4, 0.5) is 22.0 Å². The van der Waals surface area contributed by atoms with Crippen LogP contribution in [0.25, 0.3) is 0 Å². The molecule has 0 fully saturated rings. The predicted molar refractivity (Wildman–Crippen MR) is 56.1 cm³/mol. The van der Waals surface area contributed by atoms with Gasteiger partial charge in [-0.3, -0.25) is 9.91 Å². The van der Waals surface area contributed by atoms with Crippen molar-refractivity contribution in [2.75, 3.05) is 6.54 Å². The van der Waals surface area contributed by atoms with Crippen LogP contribution in [0, 0.1) is 0 Å². The SMILES string of the molecule is CCCN1N=CN(C(F)(F)C(F)(F)F)C1I. The first kappa shape index (κ1) is 13.7. The topological polar surface area (TPSA) is 18.8 Å². The van der Waals surface area contributed by atoms with Crippen molar-refractivity contribution in [3.63, 3.8) is 0 Å². The van der Waals surface area contributed by atoms with E-state index in [0.29, 0.717) is 19.3 Å². The largest absolute Gasteiger partial charge is 0.475 e. The van der Waals surface area contributed by atoms with E-state index in [1.165, 1.54) is 27.6 Å². The van der Waals surface area contributed by atoms with Crippen LogP contribution < -0.4 is 0 Å². The Balaban J connectivity index is 2.82. The predicted octanol–water partition coefficient (Wildman–Crippen LogP) is 2.83. The van der Waals surface area contributed by atoms with E-state index >= 15 is 0 Å². The molecule has 0 amide bonds. The van der Waals surface area contributed by atoms with Crippen LogP contribution >= 0.6 is 22.6 Å². The molecule has 3 nitrogen and oxygen atoms in total. The van der Waals surface area contributed by atoms with Crippen LogP contribution in [-0.2, 0) is 0 Å². The van der Waals surface area contributed by atoms with Gasteiger partial charge in [-0.15, -0.1) is 0 Å². The Kier molecular flexibility index (Phi) is 3.85. The summed E-state index contributed by atoms with van der Waals surface area (Å²) < 4.78 is 61.1. The Hall–Kier alpha value is -0.350. The minimum absolute atomic E-state index is 0.0940. The van der Waals surface area contributed by atoms with Gasteiger partial charge in [-0.25, -0.2) is 0 Å². The molecular weight excluding hydrogens is 348 g/mol. The van der Waals surface area contributed by atoms with E-state index in [-0.39, 0.29) is 4.90 Å². The van der Waals surface area contributed by atoms with E-state index < -0.39 is 16.4 Å².